The van der Waals surface area contributed by atoms with E-state index in [1.165, 1.54) is 16.9 Å². The molecule has 0 bridgehead atoms. The summed E-state index contributed by atoms with van der Waals surface area (Å²) in [6, 6.07) is 29.6. The van der Waals surface area contributed by atoms with Crippen molar-refractivity contribution in [3.63, 3.8) is 0 Å². The molecule has 6 aromatic rings. The van der Waals surface area contributed by atoms with Crippen LogP contribution >= 0.6 is 11.3 Å². The lowest BCUT2D eigenvalue weighted by Crippen LogP contribution is -2.31. The van der Waals surface area contributed by atoms with Gasteiger partial charge in [-0.15, -0.1) is 0 Å². The van der Waals surface area contributed by atoms with Gasteiger partial charge in [-0.25, -0.2) is 9.97 Å². The number of carbonyl (C=O) groups excluding carboxylic acids is 1. The Morgan fingerprint density at radius 2 is 1.65 bits per heavy atom. The largest absolute Gasteiger partial charge is 0.278 e. The van der Waals surface area contributed by atoms with Gasteiger partial charge in [0.25, 0.3) is 5.91 Å². The van der Waals surface area contributed by atoms with Gasteiger partial charge in [-0.2, -0.15) is 0 Å². The summed E-state index contributed by atoms with van der Waals surface area (Å²) in [6.45, 7) is 4.47. The number of anilines is 1. The summed E-state index contributed by atoms with van der Waals surface area (Å²) in [6.07, 6.45) is 1.75. The first kappa shape index (κ1) is 23.0. The van der Waals surface area contributed by atoms with Gasteiger partial charge in [0, 0.05) is 17.1 Å². The Morgan fingerprint density at radius 1 is 0.865 bits per heavy atom. The molecule has 3 heterocycles. The van der Waals surface area contributed by atoms with E-state index in [-0.39, 0.29) is 5.91 Å². The lowest BCUT2D eigenvalue weighted by atomic mass is 10.0. The van der Waals surface area contributed by atoms with Gasteiger partial charge in [0.1, 0.15) is 0 Å². The number of rotatable bonds is 5. The summed E-state index contributed by atoms with van der Waals surface area (Å²) < 4.78 is 1.06. The predicted molar refractivity (Wildman–Crippen MR) is 151 cm³/mol. The van der Waals surface area contributed by atoms with Crippen LogP contribution in [0.3, 0.4) is 0 Å². The van der Waals surface area contributed by atoms with E-state index in [0.717, 1.165) is 43.6 Å². The summed E-state index contributed by atoms with van der Waals surface area (Å²) in [5.74, 6) is -0.130. The van der Waals surface area contributed by atoms with Gasteiger partial charge in [0.2, 0.25) is 0 Å². The first-order chi connectivity index (χ1) is 18.1. The molecule has 0 atom stereocenters. The standard InChI is InChI=1S/C31H24N4OS/c1-20-15-16-28-29(21(20)2)34-31(37-28)35(19-23-12-8-9-17-32-23)30(36)25-18-27(22-10-4-3-5-11-22)33-26-14-7-6-13-24(25)26/h3-18H,19H2,1-2H3. The molecule has 6 heteroatoms. The number of para-hydroxylation sites is 1. The van der Waals surface area contributed by atoms with Gasteiger partial charge in [-0.3, -0.25) is 14.7 Å². The zero-order valence-electron chi connectivity index (χ0n) is 20.6. The smallest absolute Gasteiger partial charge is 0.261 e. The summed E-state index contributed by atoms with van der Waals surface area (Å²) in [5, 5.41) is 1.47. The third kappa shape index (κ3) is 4.36. The van der Waals surface area contributed by atoms with Crippen LogP contribution in [0.1, 0.15) is 27.2 Å². The van der Waals surface area contributed by atoms with Crippen LogP contribution in [-0.4, -0.2) is 20.9 Å². The first-order valence-corrected chi connectivity index (χ1v) is 12.9. The third-order valence-corrected chi connectivity index (χ3v) is 7.66. The number of fused-ring (bicyclic) bond motifs is 2. The highest BCUT2D eigenvalue weighted by atomic mass is 32.1. The fourth-order valence-corrected chi connectivity index (χ4v) is 5.49. The zero-order valence-corrected chi connectivity index (χ0v) is 21.4. The molecule has 0 aliphatic rings. The average Bonchev–Trinajstić information content (AvgIpc) is 3.39. The van der Waals surface area contributed by atoms with Crippen LogP contribution in [0.5, 0.6) is 0 Å². The maximum Gasteiger partial charge on any atom is 0.261 e. The molecule has 0 fully saturated rings. The van der Waals surface area contributed by atoms with Crippen LogP contribution in [0.25, 0.3) is 32.4 Å². The Balaban J connectivity index is 1.53. The summed E-state index contributed by atoms with van der Waals surface area (Å²) in [4.78, 5) is 30.5. The monoisotopic (exact) mass is 500 g/mol. The molecule has 0 aliphatic heterocycles. The van der Waals surface area contributed by atoms with E-state index in [0.29, 0.717) is 17.2 Å². The van der Waals surface area contributed by atoms with Crippen LogP contribution in [0.15, 0.2) is 97.2 Å². The van der Waals surface area contributed by atoms with Crippen molar-refractivity contribution < 1.29 is 4.79 Å². The second kappa shape index (κ2) is 9.56. The molecular weight excluding hydrogens is 476 g/mol. The van der Waals surface area contributed by atoms with Crippen molar-refractivity contribution in [3.8, 4) is 11.3 Å². The summed E-state index contributed by atoms with van der Waals surface area (Å²) in [7, 11) is 0. The highest BCUT2D eigenvalue weighted by molar-refractivity contribution is 7.22. The van der Waals surface area contributed by atoms with E-state index in [1.54, 1.807) is 11.1 Å². The highest BCUT2D eigenvalue weighted by Gasteiger charge is 2.25. The molecule has 3 aromatic carbocycles. The fraction of sp³-hybridized carbons (Fsp3) is 0.0968. The van der Waals surface area contributed by atoms with E-state index in [1.807, 2.05) is 78.9 Å². The number of hydrogen-bond acceptors (Lipinski definition) is 5. The molecule has 0 spiro atoms. The fourth-order valence-electron chi connectivity index (χ4n) is 4.46. The van der Waals surface area contributed by atoms with E-state index >= 15 is 0 Å². The number of amides is 1. The molecule has 37 heavy (non-hydrogen) atoms. The topological polar surface area (TPSA) is 59.0 Å². The van der Waals surface area contributed by atoms with Crippen molar-refractivity contribution in [2.75, 3.05) is 4.90 Å². The Kier molecular flexibility index (Phi) is 5.94. The van der Waals surface area contributed by atoms with Crippen molar-refractivity contribution in [3.05, 3.63) is 120 Å². The maximum atomic E-state index is 14.4. The molecule has 6 rings (SSSR count). The Labute approximate surface area is 219 Å². The van der Waals surface area contributed by atoms with Crippen molar-refractivity contribution >= 4 is 43.5 Å². The number of thiazole rings is 1. The first-order valence-electron chi connectivity index (χ1n) is 12.1. The third-order valence-electron chi connectivity index (χ3n) is 6.61. The number of aryl methyl sites for hydroxylation is 2. The van der Waals surface area contributed by atoms with Crippen molar-refractivity contribution in [2.45, 2.75) is 20.4 Å². The molecule has 5 nitrogen and oxygen atoms in total. The van der Waals surface area contributed by atoms with Gasteiger partial charge >= 0.3 is 0 Å². The second-order valence-corrected chi connectivity index (χ2v) is 10.0. The highest BCUT2D eigenvalue weighted by Crippen LogP contribution is 2.34. The Bertz CT molecular complexity index is 1750. The number of pyridine rings is 2. The second-order valence-electron chi connectivity index (χ2n) is 9.00. The Morgan fingerprint density at radius 3 is 2.46 bits per heavy atom. The normalized spacial score (nSPS) is 11.2. The van der Waals surface area contributed by atoms with Crippen molar-refractivity contribution in [1.29, 1.82) is 0 Å². The maximum absolute atomic E-state index is 14.4. The molecule has 0 aliphatic carbocycles. The van der Waals surface area contributed by atoms with Crippen LogP contribution in [0.2, 0.25) is 0 Å². The lowest BCUT2D eigenvalue weighted by Gasteiger charge is -2.21. The van der Waals surface area contributed by atoms with E-state index in [2.05, 4.69) is 31.0 Å². The van der Waals surface area contributed by atoms with Gasteiger partial charge < -0.3 is 0 Å². The number of nitrogens with zero attached hydrogens (tertiary/aromatic N) is 4. The van der Waals surface area contributed by atoms with Gasteiger partial charge in [-0.05, 0) is 55.3 Å². The molecular formula is C31H24N4OS. The van der Waals surface area contributed by atoms with Crippen LogP contribution < -0.4 is 4.90 Å². The number of hydrogen-bond donors (Lipinski definition) is 0. The SMILES string of the molecule is Cc1ccc2sc(N(Cc3ccccn3)C(=O)c3cc(-c4ccccc4)nc4ccccc34)nc2c1C. The molecule has 0 saturated heterocycles. The van der Waals surface area contributed by atoms with Crippen LogP contribution in [-0.2, 0) is 6.54 Å². The minimum atomic E-state index is -0.130. The Hall–Kier alpha value is -4.42. The summed E-state index contributed by atoms with van der Waals surface area (Å²) >= 11 is 1.53. The van der Waals surface area contributed by atoms with E-state index in [4.69, 9.17) is 9.97 Å². The zero-order chi connectivity index (χ0) is 25.4. The summed E-state index contributed by atoms with van der Waals surface area (Å²) in [5.41, 5.74) is 7.13. The minimum Gasteiger partial charge on any atom is -0.278 e. The molecule has 0 radical (unpaired) electrons. The number of benzene rings is 3. The predicted octanol–water partition coefficient (Wildman–Crippen LogP) is 7.37. The molecule has 0 unspecified atom stereocenters. The molecule has 0 saturated carbocycles. The van der Waals surface area contributed by atoms with Crippen molar-refractivity contribution in [1.82, 2.24) is 15.0 Å². The average molecular weight is 501 g/mol. The quantitative estimate of drug-likeness (QED) is 0.248. The molecule has 0 N–H and O–H groups in total. The molecule has 1 amide bonds. The van der Waals surface area contributed by atoms with Gasteiger partial charge in [0.05, 0.1) is 39.2 Å². The molecule has 3 aromatic heterocycles. The van der Waals surface area contributed by atoms with Gasteiger partial charge in [0.15, 0.2) is 5.13 Å². The van der Waals surface area contributed by atoms with Crippen LogP contribution in [0.4, 0.5) is 5.13 Å². The van der Waals surface area contributed by atoms with Gasteiger partial charge in [-0.1, -0.05) is 72.0 Å². The number of aromatic nitrogens is 3. The molecule has 180 valence electrons. The minimum absolute atomic E-state index is 0.130. The van der Waals surface area contributed by atoms with E-state index < -0.39 is 0 Å². The van der Waals surface area contributed by atoms with Crippen molar-refractivity contribution in [2.24, 2.45) is 0 Å². The van der Waals surface area contributed by atoms with E-state index in [9.17, 15) is 4.79 Å². The number of carbonyl (C=O) groups is 1. The van der Waals surface area contributed by atoms with Crippen LogP contribution in [0, 0.1) is 13.8 Å². The lowest BCUT2D eigenvalue weighted by molar-refractivity contribution is 0.0986.